The molecule has 3 heteroatoms. The summed E-state index contributed by atoms with van der Waals surface area (Å²) in [5.41, 5.74) is 0.719. The normalized spacial score (nSPS) is 18.3. The summed E-state index contributed by atoms with van der Waals surface area (Å²) in [4.78, 5) is 12.5. The molecule has 0 radical (unpaired) electrons. The average molecular weight is 247 g/mol. The molecule has 0 atom stereocenters. The highest BCUT2D eigenvalue weighted by Gasteiger charge is 2.41. The third kappa shape index (κ3) is 2.56. The van der Waals surface area contributed by atoms with E-state index in [1.807, 2.05) is 18.2 Å². The van der Waals surface area contributed by atoms with Gasteiger partial charge in [-0.05, 0) is 24.8 Å². The Kier molecular flexibility index (Phi) is 4.37. The number of nitrogens with one attached hydrogen (secondary N) is 1. The minimum Gasteiger partial charge on any atom is -0.381 e. The van der Waals surface area contributed by atoms with Gasteiger partial charge in [-0.2, -0.15) is 0 Å². The monoisotopic (exact) mass is 247 g/mol. The van der Waals surface area contributed by atoms with E-state index in [2.05, 4.69) is 24.4 Å². The van der Waals surface area contributed by atoms with E-state index in [-0.39, 0.29) is 5.91 Å². The van der Waals surface area contributed by atoms with Crippen molar-refractivity contribution in [1.29, 1.82) is 0 Å². The van der Waals surface area contributed by atoms with Crippen LogP contribution >= 0.6 is 0 Å². The number of carbonyl (C=O) groups is 1. The largest absolute Gasteiger partial charge is 0.381 e. The second-order valence-electron chi connectivity index (χ2n) is 4.82. The molecule has 1 aliphatic rings. The maximum atomic E-state index is 12.5. The fourth-order valence-corrected chi connectivity index (χ4v) is 2.53. The molecule has 18 heavy (non-hydrogen) atoms. The van der Waals surface area contributed by atoms with Crippen molar-refractivity contribution in [3.8, 4) is 0 Å². The molecule has 1 aromatic rings. The van der Waals surface area contributed by atoms with Gasteiger partial charge in [0.1, 0.15) is 0 Å². The Labute approximate surface area is 109 Å². The topological polar surface area (TPSA) is 38.3 Å². The van der Waals surface area contributed by atoms with Gasteiger partial charge >= 0.3 is 0 Å². The zero-order valence-corrected chi connectivity index (χ0v) is 10.9. The van der Waals surface area contributed by atoms with Crippen LogP contribution in [0.1, 0.15) is 31.7 Å². The van der Waals surface area contributed by atoms with E-state index in [4.69, 9.17) is 4.74 Å². The second kappa shape index (κ2) is 6.01. The zero-order chi connectivity index (χ0) is 12.8. The van der Waals surface area contributed by atoms with Crippen molar-refractivity contribution in [3.63, 3.8) is 0 Å². The number of ether oxygens (including phenoxy) is 1. The quantitative estimate of drug-likeness (QED) is 0.886. The molecular weight excluding hydrogens is 226 g/mol. The smallest absolute Gasteiger partial charge is 0.230 e. The second-order valence-corrected chi connectivity index (χ2v) is 4.82. The van der Waals surface area contributed by atoms with Crippen LogP contribution in [0.2, 0.25) is 0 Å². The summed E-state index contributed by atoms with van der Waals surface area (Å²) >= 11 is 0. The van der Waals surface area contributed by atoms with Gasteiger partial charge in [-0.3, -0.25) is 4.79 Å². The number of hydrogen-bond acceptors (Lipinski definition) is 2. The minimum absolute atomic E-state index is 0.152. The molecule has 1 N–H and O–H groups in total. The molecule has 2 rings (SSSR count). The number of amides is 1. The summed E-state index contributed by atoms with van der Waals surface area (Å²) in [7, 11) is 0. The predicted molar refractivity (Wildman–Crippen MR) is 71.5 cm³/mol. The number of rotatable bonds is 4. The van der Waals surface area contributed by atoms with E-state index in [1.54, 1.807) is 0 Å². The van der Waals surface area contributed by atoms with Gasteiger partial charge < -0.3 is 10.1 Å². The fourth-order valence-electron chi connectivity index (χ4n) is 2.53. The summed E-state index contributed by atoms with van der Waals surface area (Å²) in [6.07, 6.45) is 2.51. The predicted octanol–water partition coefficient (Wildman–Crippen LogP) is 2.26. The molecule has 3 nitrogen and oxygen atoms in total. The Morgan fingerprint density at radius 1 is 1.28 bits per heavy atom. The van der Waals surface area contributed by atoms with E-state index < -0.39 is 5.41 Å². The lowest BCUT2D eigenvalue weighted by molar-refractivity contribution is -0.130. The Bertz CT molecular complexity index is 383. The first-order valence-electron chi connectivity index (χ1n) is 6.71. The summed E-state index contributed by atoms with van der Waals surface area (Å²) in [6.45, 7) is 4.14. The summed E-state index contributed by atoms with van der Waals surface area (Å²) in [5.74, 6) is 0.152. The van der Waals surface area contributed by atoms with Crippen molar-refractivity contribution in [2.75, 3.05) is 19.8 Å². The van der Waals surface area contributed by atoms with Crippen LogP contribution in [-0.4, -0.2) is 25.7 Å². The molecule has 1 amide bonds. The Balaban J connectivity index is 2.25. The lowest BCUT2D eigenvalue weighted by Crippen LogP contribution is -2.48. The molecule has 0 unspecified atom stereocenters. The molecule has 1 aliphatic heterocycles. The Morgan fingerprint density at radius 3 is 2.56 bits per heavy atom. The molecule has 1 fully saturated rings. The summed E-state index contributed by atoms with van der Waals surface area (Å²) in [6, 6.07) is 10.1. The van der Waals surface area contributed by atoms with E-state index >= 15 is 0 Å². The van der Waals surface area contributed by atoms with E-state index in [9.17, 15) is 4.79 Å². The molecule has 98 valence electrons. The molecule has 0 aliphatic carbocycles. The van der Waals surface area contributed by atoms with Gasteiger partial charge in [0.05, 0.1) is 5.41 Å². The van der Waals surface area contributed by atoms with Crippen LogP contribution in [0.15, 0.2) is 30.3 Å². The summed E-state index contributed by atoms with van der Waals surface area (Å²) in [5, 5.41) is 3.05. The van der Waals surface area contributed by atoms with Gasteiger partial charge in [0.2, 0.25) is 5.91 Å². The average Bonchev–Trinajstić information content (AvgIpc) is 2.46. The molecule has 0 aromatic heterocycles. The molecule has 1 heterocycles. The number of carbonyl (C=O) groups excluding carboxylic acids is 1. The lowest BCUT2D eigenvalue weighted by atomic mass is 9.73. The number of benzene rings is 1. The highest BCUT2D eigenvalue weighted by Crippen LogP contribution is 2.35. The Hall–Kier alpha value is -1.35. The van der Waals surface area contributed by atoms with Crippen LogP contribution in [0.3, 0.4) is 0 Å². The SMILES string of the molecule is CCCNC(=O)C1(c2ccccc2)CCOCC1. The molecule has 0 bridgehead atoms. The first-order chi connectivity index (χ1) is 8.79. The van der Waals surface area contributed by atoms with Crippen LogP contribution in [-0.2, 0) is 14.9 Å². The van der Waals surface area contributed by atoms with Gasteiger partial charge in [-0.25, -0.2) is 0 Å². The number of hydrogen-bond donors (Lipinski definition) is 1. The van der Waals surface area contributed by atoms with Gasteiger partial charge in [0.25, 0.3) is 0 Å². The van der Waals surface area contributed by atoms with Crippen molar-refractivity contribution in [2.24, 2.45) is 0 Å². The van der Waals surface area contributed by atoms with Crippen LogP contribution < -0.4 is 5.32 Å². The van der Waals surface area contributed by atoms with E-state index in [0.29, 0.717) is 13.2 Å². The molecular formula is C15H21NO2. The maximum Gasteiger partial charge on any atom is 0.230 e. The Morgan fingerprint density at radius 2 is 1.94 bits per heavy atom. The lowest BCUT2D eigenvalue weighted by Gasteiger charge is -2.36. The summed E-state index contributed by atoms with van der Waals surface area (Å²) < 4.78 is 5.42. The van der Waals surface area contributed by atoms with Gasteiger partial charge in [0, 0.05) is 19.8 Å². The highest BCUT2D eigenvalue weighted by atomic mass is 16.5. The fraction of sp³-hybridized carbons (Fsp3) is 0.533. The molecule has 0 saturated carbocycles. The van der Waals surface area contributed by atoms with Crippen molar-refractivity contribution in [1.82, 2.24) is 5.32 Å². The van der Waals surface area contributed by atoms with Crippen LogP contribution in [0.5, 0.6) is 0 Å². The maximum absolute atomic E-state index is 12.5. The van der Waals surface area contributed by atoms with Gasteiger partial charge in [-0.1, -0.05) is 37.3 Å². The molecule has 1 saturated heterocycles. The van der Waals surface area contributed by atoms with Gasteiger partial charge in [-0.15, -0.1) is 0 Å². The molecule has 1 aromatic carbocycles. The third-order valence-electron chi connectivity index (χ3n) is 3.64. The first kappa shape index (κ1) is 13.1. The third-order valence-corrected chi connectivity index (χ3v) is 3.64. The molecule has 0 spiro atoms. The minimum atomic E-state index is -0.394. The van der Waals surface area contributed by atoms with E-state index in [0.717, 1.165) is 31.4 Å². The van der Waals surface area contributed by atoms with Crippen molar-refractivity contribution >= 4 is 5.91 Å². The van der Waals surface area contributed by atoms with Crippen LogP contribution in [0.4, 0.5) is 0 Å². The van der Waals surface area contributed by atoms with Gasteiger partial charge in [0.15, 0.2) is 0 Å². The van der Waals surface area contributed by atoms with Crippen LogP contribution in [0.25, 0.3) is 0 Å². The standard InChI is InChI=1S/C15H21NO2/c1-2-10-16-14(17)15(8-11-18-12-9-15)13-6-4-3-5-7-13/h3-7H,2,8-12H2,1H3,(H,16,17). The highest BCUT2D eigenvalue weighted by molar-refractivity contribution is 5.88. The van der Waals surface area contributed by atoms with Crippen LogP contribution in [0, 0.1) is 0 Å². The first-order valence-corrected chi connectivity index (χ1v) is 6.71. The van der Waals surface area contributed by atoms with Crippen molar-refractivity contribution in [2.45, 2.75) is 31.6 Å². The van der Waals surface area contributed by atoms with Crippen molar-refractivity contribution < 1.29 is 9.53 Å². The van der Waals surface area contributed by atoms with E-state index in [1.165, 1.54) is 0 Å². The zero-order valence-electron chi connectivity index (χ0n) is 10.9. The van der Waals surface area contributed by atoms with Crippen molar-refractivity contribution in [3.05, 3.63) is 35.9 Å².